The summed E-state index contributed by atoms with van der Waals surface area (Å²) in [5, 5.41) is 8.61. The van der Waals surface area contributed by atoms with Crippen molar-refractivity contribution in [3.63, 3.8) is 0 Å². The zero-order chi connectivity index (χ0) is 16.9. The maximum absolute atomic E-state index is 5.78. The molecule has 1 fully saturated rings. The molecule has 3 rings (SSSR count). The van der Waals surface area contributed by atoms with Gasteiger partial charge in [-0.2, -0.15) is 0 Å². The summed E-state index contributed by atoms with van der Waals surface area (Å²) < 4.78 is 7.68. The number of rotatable bonds is 3. The fourth-order valence-corrected chi connectivity index (χ4v) is 2.93. The molecule has 0 amide bonds. The van der Waals surface area contributed by atoms with Crippen LogP contribution >= 0.6 is 0 Å². The van der Waals surface area contributed by atoms with E-state index in [1.807, 2.05) is 10.9 Å². The average molecular weight is 323 g/mol. The van der Waals surface area contributed by atoms with Crippen molar-refractivity contribution in [3.05, 3.63) is 35.5 Å². The predicted octanol–water partition coefficient (Wildman–Crippen LogP) is 3.83. The molecule has 2 aromatic rings. The molecule has 4 heteroatoms. The Morgan fingerprint density at radius 1 is 1.33 bits per heavy atom. The minimum atomic E-state index is 0.267. The molecule has 2 heterocycles. The maximum atomic E-state index is 5.78. The average Bonchev–Trinajstić information content (AvgIpc) is 3.02. The summed E-state index contributed by atoms with van der Waals surface area (Å²) in [5.41, 5.74) is 4.24. The second kappa shape index (κ2) is 7.63. The minimum Gasteiger partial charge on any atom is -0.376 e. The van der Waals surface area contributed by atoms with E-state index in [0.29, 0.717) is 5.92 Å². The first-order valence-electron chi connectivity index (χ1n) is 8.76. The Morgan fingerprint density at radius 3 is 2.92 bits per heavy atom. The SMILES string of the molecule is Cc1cc(C#CC(C)C)ccc1-c1cn(C[C@H]2CCCCO2)nn1. The zero-order valence-electron chi connectivity index (χ0n) is 14.7. The molecule has 1 aliphatic heterocycles. The molecule has 4 nitrogen and oxygen atoms in total. The lowest BCUT2D eigenvalue weighted by molar-refractivity contribution is 0.00370. The van der Waals surface area contributed by atoms with E-state index < -0.39 is 0 Å². The van der Waals surface area contributed by atoms with E-state index in [4.69, 9.17) is 4.74 Å². The Hall–Kier alpha value is -2.12. The summed E-state index contributed by atoms with van der Waals surface area (Å²) in [6.45, 7) is 7.94. The number of ether oxygens (including phenoxy) is 1. The van der Waals surface area contributed by atoms with Gasteiger partial charge in [-0.25, -0.2) is 4.68 Å². The molecule has 1 aliphatic rings. The topological polar surface area (TPSA) is 39.9 Å². The first-order valence-corrected chi connectivity index (χ1v) is 8.76. The van der Waals surface area contributed by atoms with E-state index in [0.717, 1.165) is 36.4 Å². The van der Waals surface area contributed by atoms with Crippen LogP contribution < -0.4 is 0 Å². The molecule has 24 heavy (non-hydrogen) atoms. The van der Waals surface area contributed by atoms with Crippen molar-refractivity contribution in [2.45, 2.75) is 52.7 Å². The van der Waals surface area contributed by atoms with Gasteiger partial charge in [0, 0.05) is 23.7 Å². The van der Waals surface area contributed by atoms with Crippen LogP contribution in [0.2, 0.25) is 0 Å². The van der Waals surface area contributed by atoms with Gasteiger partial charge in [-0.1, -0.05) is 37.0 Å². The molecule has 1 saturated heterocycles. The van der Waals surface area contributed by atoms with Gasteiger partial charge in [0.25, 0.3) is 0 Å². The molecule has 0 unspecified atom stereocenters. The summed E-state index contributed by atoms with van der Waals surface area (Å²) in [7, 11) is 0. The third kappa shape index (κ3) is 4.24. The van der Waals surface area contributed by atoms with Crippen LogP contribution in [0.25, 0.3) is 11.3 Å². The molecule has 0 saturated carbocycles. The highest BCUT2D eigenvalue weighted by Crippen LogP contribution is 2.22. The van der Waals surface area contributed by atoms with E-state index in [-0.39, 0.29) is 6.10 Å². The molecule has 0 aliphatic carbocycles. The Morgan fingerprint density at radius 2 is 2.21 bits per heavy atom. The second-order valence-electron chi connectivity index (χ2n) is 6.77. The third-order valence-electron chi connectivity index (χ3n) is 4.21. The van der Waals surface area contributed by atoms with Crippen LogP contribution in [0.15, 0.2) is 24.4 Å². The Kier molecular flexibility index (Phi) is 5.32. The van der Waals surface area contributed by atoms with Gasteiger partial charge in [0.1, 0.15) is 5.69 Å². The van der Waals surface area contributed by atoms with Crippen molar-refractivity contribution in [2.24, 2.45) is 5.92 Å². The van der Waals surface area contributed by atoms with Crippen molar-refractivity contribution < 1.29 is 4.74 Å². The highest BCUT2D eigenvalue weighted by molar-refractivity contribution is 5.64. The van der Waals surface area contributed by atoms with Gasteiger partial charge in [0.15, 0.2) is 0 Å². The molecule has 0 spiro atoms. The van der Waals surface area contributed by atoms with Gasteiger partial charge < -0.3 is 4.74 Å². The third-order valence-corrected chi connectivity index (χ3v) is 4.21. The first kappa shape index (κ1) is 16.7. The standard InChI is InChI=1S/C20H25N3O/c1-15(2)7-8-17-9-10-19(16(3)12-17)20-14-23(22-21-20)13-18-6-4-5-11-24-18/h9-10,12,14-15,18H,4-6,11,13H2,1-3H3/t18-/m1/s1. The number of hydrogen-bond donors (Lipinski definition) is 0. The van der Waals surface area contributed by atoms with Crippen LogP contribution in [0.4, 0.5) is 0 Å². The van der Waals surface area contributed by atoms with E-state index in [1.165, 1.54) is 18.4 Å². The normalized spacial score (nSPS) is 17.6. The van der Waals surface area contributed by atoms with Gasteiger partial charge in [-0.05, 0) is 43.9 Å². The van der Waals surface area contributed by atoms with Gasteiger partial charge in [-0.15, -0.1) is 5.10 Å². The van der Waals surface area contributed by atoms with Crippen LogP contribution in [-0.4, -0.2) is 27.7 Å². The van der Waals surface area contributed by atoms with E-state index in [1.54, 1.807) is 0 Å². The van der Waals surface area contributed by atoms with E-state index >= 15 is 0 Å². The highest BCUT2D eigenvalue weighted by atomic mass is 16.5. The van der Waals surface area contributed by atoms with Crippen molar-refractivity contribution in [1.82, 2.24) is 15.0 Å². The molecular formula is C20H25N3O. The second-order valence-corrected chi connectivity index (χ2v) is 6.77. The van der Waals surface area contributed by atoms with Crippen LogP contribution in [0, 0.1) is 24.7 Å². The van der Waals surface area contributed by atoms with Crippen molar-refractivity contribution in [2.75, 3.05) is 6.61 Å². The lowest BCUT2D eigenvalue weighted by atomic mass is 10.0. The molecular weight excluding hydrogens is 298 g/mol. The smallest absolute Gasteiger partial charge is 0.113 e. The van der Waals surface area contributed by atoms with E-state index in [2.05, 4.69) is 61.1 Å². The molecule has 0 radical (unpaired) electrons. The number of benzene rings is 1. The Balaban J connectivity index is 1.74. The Labute approximate surface area is 144 Å². The maximum Gasteiger partial charge on any atom is 0.113 e. The summed E-state index contributed by atoms with van der Waals surface area (Å²) >= 11 is 0. The summed E-state index contributed by atoms with van der Waals surface area (Å²) in [5.74, 6) is 6.80. The van der Waals surface area contributed by atoms with Gasteiger partial charge in [-0.3, -0.25) is 0 Å². The molecule has 1 aromatic carbocycles. The lowest BCUT2D eigenvalue weighted by Gasteiger charge is -2.21. The molecule has 1 atom stereocenters. The highest BCUT2D eigenvalue weighted by Gasteiger charge is 2.16. The summed E-state index contributed by atoms with van der Waals surface area (Å²) in [6.07, 6.45) is 5.80. The Bertz CT molecular complexity index is 746. The fraction of sp³-hybridized carbons (Fsp3) is 0.500. The van der Waals surface area contributed by atoms with Crippen LogP contribution in [0.3, 0.4) is 0 Å². The van der Waals surface area contributed by atoms with Gasteiger partial charge in [0.05, 0.1) is 18.8 Å². The summed E-state index contributed by atoms with van der Waals surface area (Å²) in [6, 6.07) is 6.26. The fourth-order valence-electron chi connectivity index (χ4n) is 2.93. The van der Waals surface area contributed by atoms with E-state index in [9.17, 15) is 0 Å². The minimum absolute atomic E-state index is 0.267. The van der Waals surface area contributed by atoms with Crippen LogP contribution in [0.5, 0.6) is 0 Å². The van der Waals surface area contributed by atoms with Crippen molar-refractivity contribution >= 4 is 0 Å². The molecule has 126 valence electrons. The van der Waals surface area contributed by atoms with Crippen LogP contribution in [0.1, 0.15) is 44.2 Å². The zero-order valence-corrected chi connectivity index (χ0v) is 14.7. The molecule has 0 bridgehead atoms. The first-order chi connectivity index (χ1) is 11.6. The lowest BCUT2D eigenvalue weighted by Crippen LogP contribution is -2.24. The molecule has 0 N–H and O–H groups in total. The van der Waals surface area contributed by atoms with Gasteiger partial charge >= 0.3 is 0 Å². The number of hydrogen-bond acceptors (Lipinski definition) is 3. The molecule has 1 aromatic heterocycles. The quantitative estimate of drug-likeness (QED) is 0.806. The monoisotopic (exact) mass is 323 g/mol. The predicted molar refractivity (Wildman–Crippen MR) is 95.5 cm³/mol. The van der Waals surface area contributed by atoms with Crippen LogP contribution in [-0.2, 0) is 11.3 Å². The summed E-state index contributed by atoms with van der Waals surface area (Å²) in [4.78, 5) is 0. The van der Waals surface area contributed by atoms with Crippen molar-refractivity contribution in [3.8, 4) is 23.1 Å². The number of aromatic nitrogens is 3. The largest absolute Gasteiger partial charge is 0.376 e. The number of nitrogens with zero attached hydrogens (tertiary/aromatic N) is 3. The van der Waals surface area contributed by atoms with Crippen molar-refractivity contribution in [1.29, 1.82) is 0 Å². The number of aryl methyl sites for hydroxylation is 1. The van der Waals surface area contributed by atoms with Gasteiger partial charge in [0.2, 0.25) is 0 Å².